The second-order valence-corrected chi connectivity index (χ2v) is 7.64. The van der Waals surface area contributed by atoms with Gasteiger partial charge < -0.3 is 18.8 Å². The van der Waals surface area contributed by atoms with Crippen molar-refractivity contribution in [3.05, 3.63) is 40.8 Å². The zero-order chi connectivity index (χ0) is 18.9. The second kappa shape index (κ2) is 7.35. The van der Waals surface area contributed by atoms with Gasteiger partial charge in [0.25, 0.3) is 5.91 Å². The van der Waals surface area contributed by atoms with E-state index in [1.54, 1.807) is 25.3 Å². The van der Waals surface area contributed by atoms with Gasteiger partial charge in [-0.05, 0) is 43.9 Å². The summed E-state index contributed by atoms with van der Waals surface area (Å²) in [5.74, 6) is 0.512. The molecule has 0 radical (unpaired) electrons. The molecule has 1 aliphatic carbocycles. The molecule has 27 heavy (non-hydrogen) atoms. The SMILES string of the molecule is CO[C@@H]1CCC[C@]12CCCN(C(=O)COc1ccc3ccc(=O)oc3c1)C2. The fraction of sp³-hybridized carbons (Fsp3) is 0.524. The summed E-state index contributed by atoms with van der Waals surface area (Å²) < 4.78 is 16.6. The zero-order valence-corrected chi connectivity index (χ0v) is 15.6. The summed E-state index contributed by atoms with van der Waals surface area (Å²) in [6.45, 7) is 1.50. The number of hydrogen-bond donors (Lipinski definition) is 0. The van der Waals surface area contributed by atoms with Gasteiger partial charge >= 0.3 is 5.63 Å². The maximum absolute atomic E-state index is 12.7. The van der Waals surface area contributed by atoms with Crippen LogP contribution in [0.3, 0.4) is 0 Å². The molecule has 6 heteroatoms. The van der Waals surface area contributed by atoms with E-state index in [0.29, 0.717) is 11.3 Å². The molecule has 1 amide bonds. The minimum atomic E-state index is -0.404. The van der Waals surface area contributed by atoms with Crippen LogP contribution in [0.15, 0.2) is 39.5 Å². The molecular formula is C21H25NO5. The van der Waals surface area contributed by atoms with Crippen LogP contribution in [-0.4, -0.2) is 43.7 Å². The Bertz CT molecular complexity index is 892. The molecule has 0 N–H and O–H groups in total. The van der Waals surface area contributed by atoms with Gasteiger partial charge in [0.1, 0.15) is 11.3 Å². The number of ether oxygens (including phenoxy) is 2. The van der Waals surface area contributed by atoms with Crippen LogP contribution >= 0.6 is 0 Å². The summed E-state index contributed by atoms with van der Waals surface area (Å²) in [5, 5.41) is 0.818. The number of rotatable bonds is 4. The van der Waals surface area contributed by atoms with Crippen LogP contribution in [-0.2, 0) is 9.53 Å². The lowest BCUT2D eigenvalue weighted by atomic mass is 9.76. The molecule has 2 heterocycles. The summed E-state index contributed by atoms with van der Waals surface area (Å²) in [4.78, 5) is 26.0. The maximum atomic E-state index is 12.7. The Labute approximate surface area is 158 Å². The minimum Gasteiger partial charge on any atom is -0.484 e. The largest absolute Gasteiger partial charge is 0.484 e. The first-order valence-corrected chi connectivity index (χ1v) is 9.57. The highest BCUT2D eigenvalue weighted by Gasteiger charge is 2.46. The second-order valence-electron chi connectivity index (χ2n) is 7.64. The summed E-state index contributed by atoms with van der Waals surface area (Å²) in [6.07, 6.45) is 5.75. The first kappa shape index (κ1) is 18.0. The molecule has 144 valence electrons. The number of carbonyl (C=O) groups excluding carboxylic acids is 1. The fourth-order valence-electron chi connectivity index (χ4n) is 4.68. The molecule has 2 fully saturated rings. The van der Waals surface area contributed by atoms with Crippen molar-refractivity contribution in [1.29, 1.82) is 0 Å². The topological polar surface area (TPSA) is 69.0 Å². The number of carbonyl (C=O) groups is 1. The van der Waals surface area contributed by atoms with E-state index in [4.69, 9.17) is 13.9 Å². The zero-order valence-electron chi connectivity index (χ0n) is 15.6. The van der Waals surface area contributed by atoms with E-state index >= 15 is 0 Å². The number of methoxy groups -OCH3 is 1. The lowest BCUT2D eigenvalue weighted by Gasteiger charge is -2.43. The number of amides is 1. The molecule has 1 saturated carbocycles. The van der Waals surface area contributed by atoms with Crippen molar-refractivity contribution in [2.75, 3.05) is 26.8 Å². The molecule has 2 atom stereocenters. The normalized spacial score (nSPS) is 25.2. The van der Waals surface area contributed by atoms with Crippen LogP contribution in [0.2, 0.25) is 0 Å². The molecule has 1 aromatic carbocycles. The summed E-state index contributed by atoms with van der Waals surface area (Å²) in [6, 6.07) is 8.34. The van der Waals surface area contributed by atoms with Crippen molar-refractivity contribution in [2.24, 2.45) is 5.41 Å². The van der Waals surface area contributed by atoms with Crippen LogP contribution in [0, 0.1) is 5.41 Å². The van der Waals surface area contributed by atoms with E-state index in [1.807, 2.05) is 11.0 Å². The summed E-state index contributed by atoms with van der Waals surface area (Å²) >= 11 is 0. The molecule has 6 nitrogen and oxygen atoms in total. The predicted octanol–water partition coefficient (Wildman–Crippen LogP) is 2.98. The van der Waals surface area contributed by atoms with Crippen LogP contribution in [0.1, 0.15) is 32.1 Å². The van der Waals surface area contributed by atoms with Crippen molar-refractivity contribution in [1.82, 2.24) is 4.90 Å². The monoisotopic (exact) mass is 371 g/mol. The summed E-state index contributed by atoms with van der Waals surface area (Å²) in [7, 11) is 1.78. The third kappa shape index (κ3) is 3.58. The Morgan fingerprint density at radius 1 is 1.26 bits per heavy atom. The van der Waals surface area contributed by atoms with Gasteiger partial charge in [-0.15, -0.1) is 0 Å². The highest BCUT2D eigenvalue weighted by Crippen LogP contribution is 2.46. The highest BCUT2D eigenvalue weighted by atomic mass is 16.5. The van der Waals surface area contributed by atoms with Gasteiger partial charge in [-0.25, -0.2) is 4.79 Å². The van der Waals surface area contributed by atoms with Crippen LogP contribution in [0.25, 0.3) is 11.0 Å². The quantitative estimate of drug-likeness (QED) is 0.773. The summed E-state index contributed by atoms with van der Waals surface area (Å²) in [5.41, 5.74) is 0.159. The lowest BCUT2D eigenvalue weighted by Crippen LogP contribution is -2.50. The Morgan fingerprint density at radius 2 is 2.07 bits per heavy atom. The number of nitrogens with zero attached hydrogens (tertiary/aromatic N) is 1. The number of benzene rings is 1. The van der Waals surface area contributed by atoms with Crippen molar-refractivity contribution in [3.63, 3.8) is 0 Å². The van der Waals surface area contributed by atoms with Gasteiger partial charge in [0.2, 0.25) is 0 Å². The predicted molar refractivity (Wildman–Crippen MR) is 101 cm³/mol. The molecule has 0 bridgehead atoms. The third-order valence-corrected chi connectivity index (χ3v) is 6.03. The van der Waals surface area contributed by atoms with E-state index in [-0.39, 0.29) is 24.0 Å². The van der Waals surface area contributed by atoms with Crippen LogP contribution in [0.5, 0.6) is 5.75 Å². The Morgan fingerprint density at radius 3 is 2.93 bits per heavy atom. The first-order chi connectivity index (χ1) is 13.1. The molecule has 1 aromatic heterocycles. The van der Waals surface area contributed by atoms with E-state index < -0.39 is 5.63 Å². The van der Waals surface area contributed by atoms with Crippen LogP contribution < -0.4 is 10.4 Å². The average Bonchev–Trinajstić information content (AvgIpc) is 3.07. The van der Waals surface area contributed by atoms with E-state index in [0.717, 1.165) is 44.2 Å². The van der Waals surface area contributed by atoms with Gasteiger partial charge in [-0.3, -0.25) is 4.79 Å². The standard InChI is InChI=1S/C21H25NO5/c1-25-18-4-2-9-21(18)10-3-11-22(14-21)19(23)13-26-16-7-5-15-6-8-20(24)27-17(15)12-16/h5-8,12,18H,2-4,9-11,13-14H2,1H3/t18-,21-/m1/s1. The Balaban J connectivity index is 1.41. The van der Waals surface area contributed by atoms with Crippen molar-refractivity contribution in [3.8, 4) is 5.75 Å². The number of hydrogen-bond acceptors (Lipinski definition) is 5. The van der Waals surface area contributed by atoms with Crippen LogP contribution in [0.4, 0.5) is 0 Å². The van der Waals surface area contributed by atoms with Gasteiger partial charge in [-0.1, -0.05) is 6.42 Å². The van der Waals surface area contributed by atoms with Gasteiger partial charge in [-0.2, -0.15) is 0 Å². The molecule has 0 unspecified atom stereocenters. The minimum absolute atomic E-state index is 0.00885. The van der Waals surface area contributed by atoms with Gasteiger partial charge in [0.05, 0.1) is 6.10 Å². The van der Waals surface area contributed by atoms with Gasteiger partial charge in [0.15, 0.2) is 6.61 Å². The number of fused-ring (bicyclic) bond motifs is 1. The molecular weight excluding hydrogens is 346 g/mol. The number of piperidine rings is 1. The van der Waals surface area contributed by atoms with E-state index in [2.05, 4.69) is 0 Å². The molecule has 2 aromatic rings. The van der Waals surface area contributed by atoms with Crippen molar-refractivity contribution < 1.29 is 18.7 Å². The lowest BCUT2D eigenvalue weighted by molar-refractivity contribution is -0.139. The molecule has 2 aliphatic rings. The molecule has 4 rings (SSSR count). The van der Waals surface area contributed by atoms with Crippen molar-refractivity contribution in [2.45, 2.75) is 38.2 Å². The highest BCUT2D eigenvalue weighted by molar-refractivity contribution is 5.79. The van der Waals surface area contributed by atoms with Gasteiger partial charge in [0, 0.05) is 43.1 Å². The average molecular weight is 371 g/mol. The number of likely N-dealkylation sites (tertiary alicyclic amines) is 1. The third-order valence-electron chi connectivity index (χ3n) is 6.03. The molecule has 1 aliphatic heterocycles. The molecule has 1 saturated heterocycles. The Hall–Kier alpha value is -2.34. The Kier molecular flexibility index (Phi) is 4.91. The maximum Gasteiger partial charge on any atom is 0.336 e. The van der Waals surface area contributed by atoms with E-state index in [9.17, 15) is 9.59 Å². The van der Waals surface area contributed by atoms with E-state index in [1.165, 1.54) is 12.5 Å². The fourth-order valence-corrected chi connectivity index (χ4v) is 4.68. The first-order valence-electron chi connectivity index (χ1n) is 9.57. The molecule has 1 spiro atoms. The smallest absolute Gasteiger partial charge is 0.336 e. The van der Waals surface area contributed by atoms with Crippen molar-refractivity contribution >= 4 is 16.9 Å².